The minimum atomic E-state index is -4.64. The summed E-state index contributed by atoms with van der Waals surface area (Å²) in [5.74, 6) is -0.796. The van der Waals surface area contributed by atoms with Gasteiger partial charge in [0.25, 0.3) is 5.91 Å². The summed E-state index contributed by atoms with van der Waals surface area (Å²) in [6.07, 6.45) is 0.309. The first-order chi connectivity index (χ1) is 20.1. The van der Waals surface area contributed by atoms with Crippen LogP contribution in [0.5, 0.6) is 5.75 Å². The number of amides is 1. The summed E-state index contributed by atoms with van der Waals surface area (Å²) in [5, 5.41) is 33.0. The molecule has 5 aromatic rings. The number of aromatic nitrogens is 6. The van der Waals surface area contributed by atoms with E-state index in [4.69, 9.17) is 14.7 Å². The van der Waals surface area contributed by atoms with E-state index in [1.165, 1.54) is 40.0 Å². The van der Waals surface area contributed by atoms with Crippen LogP contribution in [0.2, 0.25) is 0 Å². The van der Waals surface area contributed by atoms with E-state index in [1.54, 1.807) is 29.0 Å². The number of hydrogen-bond donors (Lipinski definition) is 5. The number of nitrogens with two attached hydrogens (primary N) is 1. The van der Waals surface area contributed by atoms with Crippen LogP contribution < -0.4 is 10.5 Å². The Hall–Kier alpha value is -4.11. The topological polar surface area (TPSA) is 238 Å². The van der Waals surface area contributed by atoms with Gasteiger partial charge in [0, 0.05) is 5.38 Å². The molecule has 1 fully saturated rings. The molecular formula is C23H20N8O8S3. The molecule has 1 aliphatic heterocycles. The predicted octanol–water partition coefficient (Wildman–Crippen LogP) is 0.661. The number of rotatable bonds is 8. The second-order valence-electron chi connectivity index (χ2n) is 8.91. The summed E-state index contributed by atoms with van der Waals surface area (Å²) in [7, 11) is -4.64. The average molecular weight is 633 g/mol. The van der Waals surface area contributed by atoms with Crippen molar-refractivity contribution in [1.29, 1.82) is 0 Å². The van der Waals surface area contributed by atoms with Gasteiger partial charge in [0.05, 0.1) is 23.2 Å². The number of carbonyl (C=O) groups excluding carboxylic acids is 1. The zero-order valence-corrected chi connectivity index (χ0v) is 23.5. The fourth-order valence-corrected chi connectivity index (χ4v) is 6.42. The van der Waals surface area contributed by atoms with E-state index < -0.39 is 47.4 Å². The third-order valence-corrected chi connectivity index (χ3v) is 8.79. The lowest BCUT2D eigenvalue weighted by Crippen LogP contribution is -2.37. The van der Waals surface area contributed by atoms with Gasteiger partial charge in [-0.1, -0.05) is 0 Å². The van der Waals surface area contributed by atoms with Crippen LogP contribution in [0.1, 0.15) is 26.7 Å². The summed E-state index contributed by atoms with van der Waals surface area (Å²) in [6, 6.07) is 4.84. The van der Waals surface area contributed by atoms with Gasteiger partial charge in [0.1, 0.15) is 51.6 Å². The number of nitrogen functional groups attached to an aromatic ring is 1. The van der Waals surface area contributed by atoms with Crippen molar-refractivity contribution in [3.8, 4) is 5.75 Å². The molecule has 0 aliphatic carbocycles. The van der Waals surface area contributed by atoms with Gasteiger partial charge in [-0.15, -0.1) is 22.7 Å². The van der Waals surface area contributed by atoms with Crippen molar-refractivity contribution in [2.45, 2.75) is 24.5 Å². The van der Waals surface area contributed by atoms with Crippen LogP contribution in [0.15, 0.2) is 36.2 Å². The zero-order valence-electron chi connectivity index (χ0n) is 21.0. The number of carbonyl (C=O) groups is 1. The van der Waals surface area contributed by atoms with Crippen LogP contribution in [0.4, 0.5) is 5.82 Å². The highest BCUT2D eigenvalue weighted by Crippen LogP contribution is 2.32. The van der Waals surface area contributed by atoms with Crippen LogP contribution in [-0.4, -0.2) is 84.1 Å². The van der Waals surface area contributed by atoms with Crippen molar-refractivity contribution >= 4 is 78.2 Å². The van der Waals surface area contributed by atoms with Crippen molar-refractivity contribution in [2.75, 3.05) is 12.3 Å². The average Bonchev–Trinajstić information content (AvgIpc) is 3.73. The largest absolute Gasteiger partial charge is 0.508 e. The molecule has 218 valence electrons. The summed E-state index contributed by atoms with van der Waals surface area (Å²) < 4.78 is 39.3. The number of aromatic hydroxyl groups is 1. The quantitative estimate of drug-likeness (QED) is 0.158. The van der Waals surface area contributed by atoms with Crippen molar-refractivity contribution in [3.05, 3.63) is 51.9 Å². The summed E-state index contributed by atoms with van der Waals surface area (Å²) in [4.78, 5) is 33.0. The molecule has 16 nitrogen and oxygen atoms in total. The van der Waals surface area contributed by atoms with Gasteiger partial charge in [0.15, 0.2) is 17.7 Å². The maximum absolute atomic E-state index is 12.5. The molecule has 4 aromatic heterocycles. The lowest BCUT2D eigenvalue weighted by atomic mass is 10.1. The number of hydrogen-bond acceptors (Lipinski definition) is 16. The van der Waals surface area contributed by atoms with Gasteiger partial charge >= 0.3 is 10.3 Å². The summed E-state index contributed by atoms with van der Waals surface area (Å²) in [6.45, 7) is -0.716. The minimum absolute atomic E-state index is 0.104. The fourth-order valence-electron chi connectivity index (χ4n) is 4.12. The lowest BCUT2D eigenvalue weighted by Gasteiger charge is -2.16. The number of phenols is 1. The van der Waals surface area contributed by atoms with E-state index in [0.717, 1.165) is 21.6 Å². The Bertz CT molecular complexity index is 1940. The van der Waals surface area contributed by atoms with Crippen molar-refractivity contribution in [2.24, 2.45) is 0 Å². The van der Waals surface area contributed by atoms with Gasteiger partial charge in [-0.25, -0.2) is 29.6 Å². The molecule has 5 heterocycles. The standard InChI is InChI=1S/C23H20N8O8S3/c24-20-17-21(26-8-25-20)31(9-27-17)23-19(34)18(33)13(39-23)6-38-42(36,37)30-22(35)12-7-40-15(29-12)3-4-16-28-11-2-1-10(32)5-14(11)41-16/h1-5,7-9,13,18-19,23,32-34H,6H2,(H,30,35)(H2,24,25,26)/b4-3+/t13-,18-,19-,23-/m1/s1. The molecule has 6 N–H and O–H groups in total. The first-order valence-corrected chi connectivity index (χ1v) is 15.1. The van der Waals surface area contributed by atoms with E-state index in [2.05, 4.69) is 24.9 Å². The number of aliphatic hydroxyl groups is 2. The highest BCUT2D eigenvalue weighted by molar-refractivity contribution is 7.85. The molecule has 0 radical (unpaired) electrons. The second-order valence-corrected chi connectivity index (χ2v) is 12.2. The number of imidazole rings is 1. The first-order valence-electron chi connectivity index (χ1n) is 12.0. The molecule has 1 aliphatic rings. The molecule has 1 saturated heterocycles. The molecule has 4 atom stereocenters. The Morgan fingerprint density at radius 2 is 1.98 bits per heavy atom. The monoisotopic (exact) mass is 632 g/mol. The summed E-state index contributed by atoms with van der Waals surface area (Å²) in [5.41, 5.74) is 6.82. The third-order valence-electron chi connectivity index (χ3n) is 6.12. The molecule has 0 unspecified atom stereocenters. The zero-order chi connectivity index (χ0) is 29.6. The highest BCUT2D eigenvalue weighted by atomic mass is 32.2. The van der Waals surface area contributed by atoms with E-state index in [1.807, 2.05) is 0 Å². The molecule has 6 rings (SSSR count). The van der Waals surface area contributed by atoms with E-state index >= 15 is 0 Å². The van der Waals surface area contributed by atoms with Gasteiger partial charge in [-0.3, -0.25) is 13.5 Å². The molecule has 1 amide bonds. The van der Waals surface area contributed by atoms with Gasteiger partial charge in [-0.05, 0) is 30.4 Å². The molecule has 1 aromatic carbocycles. The maximum atomic E-state index is 12.5. The van der Waals surface area contributed by atoms with Crippen LogP contribution in [-0.2, 0) is 19.2 Å². The van der Waals surface area contributed by atoms with Crippen molar-refractivity contribution in [1.82, 2.24) is 34.2 Å². The molecule has 19 heteroatoms. The van der Waals surface area contributed by atoms with Gasteiger partial charge in [-0.2, -0.15) is 8.42 Å². The Morgan fingerprint density at radius 3 is 2.81 bits per heavy atom. The van der Waals surface area contributed by atoms with Crippen LogP contribution in [0.3, 0.4) is 0 Å². The Balaban J connectivity index is 1.06. The summed E-state index contributed by atoms with van der Waals surface area (Å²) >= 11 is 2.46. The second kappa shape index (κ2) is 10.9. The van der Waals surface area contributed by atoms with Crippen LogP contribution in [0.25, 0.3) is 33.5 Å². The SMILES string of the molecule is Nc1ncnc2c1ncn2[C@@H]1O[C@H](COS(=O)(=O)NC(=O)c2csc(/C=C/c3nc4ccc(O)cc4s3)n2)[C@@H](O)[C@H]1O. The Kier molecular flexibility index (Phi) is 7.30. The molecular weight excluding hydrogens is 613 g/mol. The number of benzene rings is 1. The maximum Gasteiger partial charge on any atom is 0.362 e. The first kappa shape index (κ1) is 28.0. The van der Waals surface area contributed by atoms with Crippen LogP contribution in [0, 0.1) is 0 Å². The van der Waals surface area contributed by atoms with Crippen molar-refractivity contribution < 1.29 is 37.5 Å². The number of fused-ring (bicyclic) bond motifs is 2. The Morgan fingerprint density at radius 1 is 1.17 bits per heavy atom. The molecule has 0 spiro atoms. The number of ether oxygens (including phenoxy) is 1. The number of nitrogens with zero attached hydrogens (tertiary/aromatic N) is 6. The number of phenolic OH excluding ortho intramolecular Hbond substituents is 1. The number of thiazole rings is 2. The third kappa shape index (κ3) is 5.53. The molecule has 0 bridgehead atoms. The highest BCUT2D eigenvalue weighted by Gasteiger charge is 2.45. The van der Waals surface area contributed by atoms with Gasteiger partial charge < -0.3 is 25.8 Å². The fraction of sp³-hybridized carbons (Fsp3) is 0.217. The minimum Gasteiger partial charge on any atom is -0.508 e. The number of anilines is 1. The van der Waals surface area contributed by atoms with E-state index in [0.29, 0.717) is 10.0 Å². The van der Waals surface area contributed by atoms with E-state index in [9.17, 15) is 28.5 Å². The normalized spacial score (nSPS) is 21.1. The predicted molar refractivity (Wildman–Crippen MR) is 150 cm³/mol. The van der Waals surface area contributed by atoms with Crippen LogP contribution >= 0.6 is 22.7 Å². The van der Waals surface area contributed by atoms with Crippen molar-refractivity contribution in [3.63, 3.8) is 0 Å². The number of aliphatic hydroxyl groups excluding tert-OH is 2. The molecule has 42 heavy (non-hydrogen) atoms. The smallest absolute Gasteiger partial charge is 0.362 e. The van der Waals surface area contributed by atoms with Gasteiger partial charge in [0.2, 0.25) is 0 Å². The molecule has 0 saturated carbocycles. The number of nitrogens with one attached hydrogen (secondary N) is 1. The Labute approximate surface area is 244 Å². The lowest BCUT2D eigenvalue weighted by molar-refractivity contribution is -0.0468. The van der Waals surface area contributed by atoms with E-state index in [-0.39, 0.29) is 28.4 Å².